The van der Waals surface area contributed by atoms with Crippen LogP contribution in [-0.2, 0) is 10.9 Å². The molecule has 0 bridgehead atoms. The molecule has 0 spiro atoms. The number of hydrogen-bond donors (Lipinski definition) is 1. The van der Waals surface area contributed by atoms with Crippen molar-refractivity contribution in [3.05, 3.63) is 46.7 Å². The lowest BCUT2D eigenvalue weighted by atomic mass is 9.90. The SMILES string of the molecule is O=C(OCC1CCCCC1)c1cnc(Nc2cccc(Cl)c2)nc1C(F)(F)F. The van der Waals surface area contributed by atoms with Crippen LogP contribution in [0.25, 0.3) is 0 Å². The minimum absolute atomic E-state index is 0.110. The van der Waals surface area contributed by atoms with Crippen molar-refractivity contribution in [2.24, 2.45) is 5.92 Å². The Bertz CT molecular complexity index is 839. The number of carbonyl (C=O) groups excluding carboxylic acids is 1. The van der Waals surface area contributed by atoms with Gasteiger partial charge in [-0.3, -0.25) is 0 Å². The molecule has 1 saturated carbocycles. The summed E-state index contributed by atoms with van der Waals surface area (Å²) in [6, 6.07) is 6.38. The molecule has 9 heteroatoms. The van der Waals surface area contributed by atoms with Gasteiger partial charge in [-0.1, -0.05) is 36.9 Å². The number of nitrogens with zero attached hydrogens (tertiary/aromatic N) is 2. The van der Waals surface area contributed by atoms with Crippen LogP contribution in [-0.4, -0.2) is 22.5 Å². The molecule has 1 aromatic carbocycles. The van der Waals surface area contributed by atoms with E-state index in [2.05, 4.69) is 15.3 Å². The summed E-state index contributed by atoms with van der Waals surface area (Å²) in [5.41, 5.74) is -1.60. The Morgan fingerprint density at radius 3 is 2.68 bits per heavy atom. The Balaban J connectivity index is 1.77. The Labute approximate surface area is 165 Å². The molecular weight excluding hydrogens is 395 g/mol. The van der Waals surface area contributed by atoms with Crippen molar-refractivity contribution in [3.63, 3.8) is 0 Å². The van der Waals surface area contributed by atoms with Crippen LogP contribution in [0.1, 0.15) is 48.2 Å². The van der Waals surface area contributed by atoms with Crippen molar-refractivity contribution in [1.82, 2.24) is 9.97 Å². The van der Waals surface area contributed by atoms with Crippen LogP contribution in [0.2, 0.25) is 5.02 Å². The number of ether oxygens (including phenoxy) is 1. The van der Waals surface area contributed by atoms with Crippen LogP contribution in [0.15, 0.2) is 30.5 Å². The minimum atomic E-state index is -4.83. The molecule has 0 atom stereocenters. The smallest absolute Gasteiger partial charge is 0.434 e. The van der Waals surface area contributed by atoms with Gasteiger partial charge in [-0.15, -0.1) is 0 Å². The lowest BCUT2D eigenvalue weighted by Gasteiger charge is -2.21. The third-order valence-corrected chi connectivity index (χ3v) is 4.77. The van der Waals surface area contributed by atoms with Crippen molar-refractivity contribution in [3.8, 4) is 0 Å². The van der Waals surface area contributed by atoms with Crippen molar-refractivity contribution in [1.29, 1.82) is 0 Å². The monoisotopic (exact) mass is 413 g/mol. The van der Waals surface area contributed by atoms with Gasteiger partial charge in [0.25, 0.3) is 0 Å². The van der Waals surface area contributed by atoms with Gasteiger partial charge in [0.05, 0.1) is 6.61 Å². The molecule has 3 rings (SSSR count). The van der Waals surface area contributed by atoms with Crippen molar-refractivity contribution in [2.75, 3.05) is 11.9 Å². The van der Waals surface area contributed by atoms with E-state index in [0.717, 1.165) is 38.3 Å². The highest BCUT2D eigenvalue weighted by Crippen LogP contribution is 2.32. The molecule has 2 aromatic rings. The summed E-state index contributed by atoms with van der Waals surface area (Å²) < 4.78 is 45.4. The highest BCUT2D eigenvalue weighted by Gasteiger charge is 2.38. The summed E-state index contributed by atoms with van der Waals surface area (Å²) in [5.74, 6) is -1.16. The number of halogens is 4. The maximum atomic E-state index is 13.4. The molecule has 1 fully saturated rings. The molecule has 0 amide bonds. The number of carbonyl (C=O) groups is 1. The zero-order valence-corrected chi connectivity index (χ0v) is 15.7. The van der Waals surface area contributed by atoms with Gasteiger partial charge in [-0.05, 0) is 37.0 Å². The first-order valence-electron chi connectivity index (χ1n) is 8.97. The average molecular weight is 414 g/mol. The first-order valence-corrected chi connectivity index (χ1v) is 9.34. The van der Waals surface area contributed by atoms with E-state index in [1.807, 2.05) is 0 Å². The molecular formula is C19H19ClF3N3O2. The number of alkyl halides is 3. The van der Waals surface area contributed by atoms with E-state index < -0.39 is 23.4 Å². The largest absolute Gasteiger partial charge is 0.462 e. The number of anilines is 2. The molecule has 1 heterocycles. The molecule has 0 aliphatic heterocycles. The molecule has 1 aliphatic rings. The van der Waals surface area contributed by atoms with Crippen molar-refractivity contribution in [2.45, 2.75) is 38.3 Å². The van der Waals surface area contributed by atoms with Crippen molar-refractivity contribution >= 4 is 29.2 Å². The summed E-state index contributed by atoms with van der Waals surface area (Å²) in [4.78, 5) is 19.6. The van der Waals surface area contributed by atoms with Crippen LogP contribution < -0.4 is 5.32 Å². The average Bonchev–Trinajstić information content (AvgIpc) is 2.66. The van der Waals surface area contributed by atoms with E-state index in [4.69, 9.17) is 16.3 Å². The van der Waals surface area contributed by atoms with Gasteiger partial charge in [0.1, 0.15) is 5.56 Å². The topological polar surface area (TPSA) is 64.1 Å². The Kier molecular flexibility index (Phi) is 6.39. The van der Waals surface area contributed by atoms with E-state index in [-0.39, 0.29) is 18.5 Å². The third-order valence-electron chi connectivity index (χ3n) is 4.53. The van der Waals surface area contributed by atoms with Gasteiger partial charge in [0, 0.05) is 16.9 Å². The Hall–Kier alpha value is -2.35. The van der Waals surface area contributed by atoms with Gasteiger partial charge in [-0.2, -0.15) is 13.2 Å². The highest BCUT2D eigenvalue weighted by atomic mass is 35.5. The Morgan fingerprint density at radius 1 is 1.25 bits per heavy atom. The summed E-state index contributed by atoms with van der Waals surface area (Å²) >= 11 is 5.86. The third kappa shape index (κ3) is 5.34. The van der Waals surface area contributed by atoms with E-state index >= 15 is 0 Å². The van der Waals surface area contributed by atoms with Gasteiger partial charge in [0.2, 0.25) is 5.95 Å². The summed E-state index contributed by atoms with van der Waals surface area (Å²) in [5, 5.41) is 3.05. The second-order valence-electron chi connectivity index (χ2n) is 6.69. The number of aromatic nitrogens is 2. The number of benzene rings is 1. The molecule has 150 valence electrons. The molecule has 0 saturated heterocycles. The molecule has 5 nitrogen and oxygen atoms in total. The number of rotatable bonds is 5. The fraction of sp³-hybridized carbons (Fsp3) is 0.421. The first kappa shape index (κ1) is 20.4. The first-order chi connectivity index (χ1) is 13.3. The zero-order valence-electron chi connectivity index (χ0n) is 14.9. The van der Waals surface area contributed by atoms with Gasteiger partial charge < -0.3 is 10.1 Å². The lowest BCUT2D eigenvalue weighted by molar-refractivity contribution is -0.141. The second-order valence-corrected chi connectivity index (χ2v) is 7.13. The molecule has 0 unspecified atom stereocenters. The predicted molar refractivity (Wildman–Crippen MR) is 98.6 cm³/mol. The lowest BCUT2D eigenvalue weighted by Crippen LogP contribution is -2.21. The molecule has 0 radical (unpaired) electrons. The van der Waals surface area contributed by atoms with Crippen LogP contribution >= 0.6 is 11.6 Å². The fourth-order valence-electron chi connectivity index (χ4n) is 3.13. The van der Waals surface area contributed by atoms with Crippen LogP contribution in [0, 0.1) is 5.92 Å². The van der Waals surface area contributed by atoms with Crippen LogP contribution in [0.5, 0.6) is 0 Å². The van der Waals surface area contributed by atoms with E-state index in [1.54, 1.807) is 18.2 Å². The summed E-state index contributed by atoms with van der Waals surface area (Å²) in [7, 11) is 0. The predicted octanol–water partition coefficient (Wildman–Crippen LogP) is 5.63. The van der Waals surface area contributed by atoms with Crippen LogP contribution in [0.3, 0.4) is 0 Å². The van der Waals surface area contributed by atoms with E-state index in [0.29, 0.717) is 10.7 Å². The Morgan fingerprint density at radius 2 is 2.00 bits per heavy atom. The van der Waals surface area contributed by atoms with Gasteiger partial charge in [-0.25, -0.2) is 14.8 Å². The van der Waals surface area contributed by atoms with Crippen LogP contribution in [0.4, 0.5) is 24.8 Å². The number of esters is 1. The highest BCUT2D eigenvalue weighted by molar-refractivity contribution is 6.30. The fourth-order valence-corrected chi connectivity index (χ4v) is 3.32. The number of hydrogen-bond acceptors (Lipinski definition) is 5. The minimum Gasteiger partial charge on any atom is -0.462 e. The molecule has 1 N–H and O–H groups in total. The van der Waals surface area contributed by atoms with Gasteiger partial charge in [0.15, 0.2) is 5.69 Å². The van der Waals surface area contributed by atoms with E-state index in [9.17, 15) is 18.0 Å². The normalized spacial score (nSPS) is 15.3. The molecule has 28 heavy (non-hydrogen) atoms. The van der Waals surface area contributed by atoms with E-state index in [1.165, 1.54) is 6.07 Å². The van der Waals surface area contributed by atoms with Crippen molar-refractivity contribution < 1.29 is 22.7 Å². The maximum absolute atomic E-state index is 13.4. The quantitative estimate of drug-likeness (QED) is 0.643. The summed E-state index contributed by atoms with van der Waals surface area (Å²) in [6.45, 7) is 0.110. The second kappa shape index (κ2) is 8.77. The summed E-state index contributed by atoms with van der Waals surface area (Å²) in [6.07, 6.45) is 1.07. The molecule has 1 aliphatic carbocycles. The zero-order chi connectivity index (χ0) is 20.1. The number of nitrogens with one attached hydrogen (secondary N) is 1. The molecule has 1 aromatic heterocycles. The van der Waals surface area contributed by atoms with Gasteiger partial charge >= 0.3 is 12.1 Å². The maximum Gasteiger partial charge on any atom is 0.434 e. The standard InChI is InChI=1S/C19H19ClF3N3O2/c20-13-7-4-8-14(9-13)25-18-24-10-15(16(26-18)19(21,22)23)17(27)28-11-12-5-2-1-3-6-12/h4,7-10,12H,1-3,5-6,11H2,(H,24,25,26).